The Labute approximate surface area is 106 Å². The summed E-state index contributed by atoms with van der Waals surface area (Å²) < 4.78 is 1.77. The fraction of sp³-hybridized carbons (Fsp3) is 0.286. The number of nitrogens with zero attached hydrogens (tertiary/aromatic N) is 4. The Morgan fingerprint density at radius 3 is 2.72 bits per heavy atom. The minimum atomic E-state index is 0.241. The fourth-order valence-electron chi connectivity index (χ4n) is 1.99. The highest BCUT2D eigenvalue weighted by Gasteiger charge is 2.17. The highest BCUT2D eigenvalue weighted by atomic mass is 15.0. The van der Waals surface area contributed by atoms with Crippen molar-refractivity contribution < 1.29 is 0 Å². The lowest BCUT2D eigenvalue weighted by Gasteiger charge is -2.07. The second-order valence-corrected chi connectivity index (χ2v) is 4.40. The number of aryl methyl sites for hydroxylation is 1. The van der Waals surface area contributed by atoms with Crippen molar-refractivity contribution in [1.29, 1.82) is 5.26 Å². The lowest BCUT2D eigenvalue weighted by Crippen LogP contribution is -2.00. The molecular weight excluding hydrogens is 224 g/mol. The van der Waals surface area contributed by atoms with Gasteiger partial charge >= 0.3 is 0 Å². The fourth-order valence-corrected chi connectivity index (χ4v) is 1.99. The van der Waals surface area contributed by atoms with Crippen LogP contribution >= 0.6 is 0 Å². The van der Waals surface area contributed by atoms with Gasteiger partial charge in [-0.2, -0.15) is 5.26 Å². The van der Waals surface area contributed by atoms with Gasteiger partial charge in [0.25, 0.3) is 0 Å². The van der Waals surface area contributed by atoms with E-state index < -0.39 is 0 Å². The average molecular weight is 238 g/mol. The van der Waals surface area contributed by atoms with Crippen molar-refractivity contribution in [1.82, 2.24) is 14.5 Å². The third-order valence-corrected chi connectivity index (χ3v) is 2.71. The zero-order chi connectivity index (χ0) is 13.3. The lowest BCUT2D eigenvalue weighted by molar-refractivity contribution is 0.816. The Morgan fingerprint density at radius 2 is 2.17 bits per heavy atom. The average Bonchev–Trinajstić information content (AvgIpc) is 2.67. The highest BCUT2D eigenvalue weighted by molar-refractivity contribution is 5.87. The van der Waals surface area contributed by atoms with E-state index in [0.717, 1.165) is 16.7 Å². The standard InChI is InChI=1S/C14H14N4/c1-5-6-18-8-11(7-15)12-13(9(2)3)16-10(4)17-14(12)18/h6,8-9H,1H2,2-4H3. The minimum Gasteiger partial charge on any atom is -0.299 e. The van der Waals surface area contributed by atoms with Crippen LogP contribution in [0.25, 0.3) is 17.2 Å². The number of hydrogen-bond donors (Lipinski definition) is 0. The third-order valence-electron chi connectivity index (χ3n) is 2.71. The summed E-state index contributed by atoms with van der Waals surface area (Å²) in [4.78, 5) is 8.87. The van der Waals surface area contributed by atoms with Gasteiger partial charge in [-0.1, -0.05) is 20.4 Å². The molecule has 18 heavy (non-hydrogen) atoms. The monoisotopic (exact) mass is 238 g/mol. The van der Waals surface area contributed by atoms with E-state index in [2.05, 4.69) is 42.2 Å². The van der Waals surface area contributed by atoms with E-state index >= 15 is 0 Å². The van der Waals surface area contributed by atoms with Crippen LogP contribution in [0.3, 0.4) is 0 Å². The molecule has 0 saturated carbocycles. The summed E-state index contributed by atoms with van der Waals surface area (Å²) in [6.45, 7) is 9.52. The molecule has 0 radical (unpaired) electrons. The molecule has 4 nitrogen and oxygen atoms in total. The lowest BCUT2D eigenvalue weighted by atomic mass is 10.0. The molecule has 0 atom stereocenters. The predicted molar refractivity (Wildman–Crippen MR) is 71.0 cm³/mol. The van der Waals surface area contributed by atoms with Crippen LogP contribution in [0.1, 0.15) is 36.8 Å². The smallest absolute Gasteiger partial charge is 0.149 e. The normalized spacial score (nSPS) is 10.4. The van der Waals surface area contributed by atoms with Gasteiger partial charge in [-0.3, -0.25) is 4.57 Å². The summed E-state index contributed by atoms with van der Waals surface area (Å²) in [5.41, 5.74) is 4.93. The van der Waals surface area contributed by atoms with Gasteiger partial charge in [0.1, 0.15) is 17.5 Å². The van der Waals surface area contributed by atoms with Crippen LogP contribution in [0.15, 0.2) is 18.5 Å². The molecule has 0 aromatic carbocycles. The van der Waals surface area contributed by atoms with Gasteiger partial charge in [0, 0.05) is 6.20 Å². The van der Waals surface area contributed by atoms with Crippen molar-refractivity contribution in [2.45, 2.75) is 26.7 Å². The SMILES string of the molecule is C=C=Cn1cc(C#N)c2c(C(C)C)nc(C)nc21. The first-order valence-electron chi connectivity index (χ1n) is 5.73. The molecular formula is C14H14N4. The molecule has 0 aliphatic heterocycles. The van der Waals surface area contributed by atoms with Crippen molar-refractivity contribution >= 4 is 17.2 Å². The largest absolute Gasteiger partial charge is 0.299 e. The maximum atomic E-state index is 9.22. The van der Waals surface area contributed by atoms with Gasteiger partial charge in [-0.05, 0) is 12.8 Å². The maximum Gasteiger partial charge on any atom is 0.149 e. The molecule has 2 aromatic rings. The molecule has 0 amide bonds. The first-order chi connectivity index (χ1) is 8.58. The van der Waals surface area contributed by atoms with E-state index in [4.69, 9.17) is 0 Å². The molecule has 2 rings (SSSR count). The van der Waals surface area contributed by atoms with Gasteiger partial charge in [0.2, 0.25) is 0 Å². The third kappa shape index (κ3) is 1.81. The second kappa shape index (κ2) is 4.48. The molecule has 90 valence electrons. The van der Waals surface area contributed by atoms with E-state index in [1.807, 2.05) is 6.92 Å². The zero-order valence-corrected chi connectivity index (χ0v) is 10.7. The molecule has 2 heterocycles. The Kier molecular flexibility index (Phi) is 3.01. The van der Waals surface area contributed by atoms with Crippen molar-refractivity contribution in [3.63, 3.8) is 0 Å². The van der Waals surface area contributed by atoms with E-state index in [9.17, 15) is 5.26 Å². The molecule has 0 saturated heterocycles. The highest BCUT2D eigenvalue weighted by Crippen LogP contribution is 2.27. The van der Waals surface area contributed by atoms with Crippen LogP contribution in [0, 0.1) is 18.3 Å². The van der Waals surface area contributed by atoms with Crippen LogP contribution in [0.2, 0.25) is 0 Å². The van der Waals surface area contributed by atoms with Crippen LogP contribution in [0.4, 0.5) is 0 Å². The summed E-state index contributed by atoms with van der Waals surface area (Å²) in [5, 5.41) is 10.0. The topological polar surface area (TPSA) is 54.5 Å². The first kappa shape index (κ1) is 12.1. The summed E-state index contributed by atoms with van der Waals surface area (Å²) in [5.74, 6) is 0.942. The first-order valence-corrected chi connectivity index (χ1v) is 5.73. The molecule has 0 N–H and O–H groups in total. The molecule has 0 aliphatic rings. The number of hydrogen-bond acceptors (Lipinski definition) is 3. The van der Waals surface area contributed by atoms with Gasteiger partial charge in [0.05, 0.1) is 22.8 Å². The minimum absolute atomic E-state index is 0.241. The summed E-state index contributed by atoms with van der Waals surface area (Å²) in [6, 6.07) is 2.19. The van der Waals surface area contributed by atoms with Crippen molar-refractivity contribution in [2.24, 2.45) is 0 Å². The summed E-state index contributed by atoms with van der Waals surface area (Å²) in [7, 11) is 0. The Bertz CT molecular complexity index is 695. The summed E-state index contributed by atoms with van der Waals surface area (Å²) in [6.07, 6.45) is 3.41. The molecule has 0 fully saturated rings. The Balaban J connectivity index is 2.96. The second-order valence-electron chi connectivity index (χ2n) is 4.40. The Morgan fingerprint density at radius 1 is 1.44 bits per heavy atom. The van der Waals surface area contributed by atoms with Crippen molar-refractivity contribution in [3.05, 3.63) is 35.6 Å². The van der Waals surface area contributed by atoms with Crippen molar-refractivity contribution in [3.8, 4) is 6.07 Å². The molecule has 0 bridgehead atoms. The van der Waals surface area contributed by atoms with E-state index in [1.165, 1.54) is 0 Å². The molecule has 0 unspecified atom stereocenters. The number of aromatic nitrogens is 3. The van der Waals surface area contributed by atoms with Gasteiger partial charge < -0.3 is 0 Å². The summed E-state index contributed by atoms with van der Waals surface area (Å²) >= 11 is 0. The number of nitriles is 1. The van der Waals surface area contributed by atoms with Gasteiger partial charge in [-0.15, -0.1) is 5.73 Å². The van der Waals surface area contributed by atoms with Gasteiger partial charge in [-0.25, -0.2) is 9.97 Å². The Hall–Kier alpha value is -2.37. The van der Waals surface area contributed by atoms with E-state index in [-0.39, 0.29) is 5.92 Å². The van der Waals surface area contributed by atoms with Crippen LogP contribution < -0.4 is 0 Å². The zero-order valence-electron chi connectivity index (χ0n) is 10.7. The molecule has 2 aromatic heterocycles. The molecule has 0 spiro atoms. The van der Waals surface area contributed by atoms with E-state index in [1.54, 1.807) is 17.0 Å². The van der Waals surface area contributed by atoms with E-state index in [0.29, 0.717) is 11.4 Å². The maximum absolute atomic E-state index is 9.22. The van der Waals surface area contributed by atoms with Gasteiger partial charge in [0.15, 0.2) is 0 Å². The molecule has 4 heteroatoms. The van der Waals surface area contributed by atoms with Crippen LogP contribution in [-0.2, 0) is 0 Å². The molecule has 0 aliphatic carbocycles. The predicted octanol–water partition coefficient (Wildman–Crippen LogP) is 2.99. The number of fused-ring (bicyclic) bond motifs is 1. The van der Waals surface area contributed by atoms with Crippen LogP contribution in [-0.4, -0.2) is 14.5 Å². The van der Waals surface area contributed by atoms with Crippen LogP contribution in [0.5, 0.6) is 0 Å². The quantitative estimate of drug-likeness (QED) is 0.756. The number of rotatable bonds is 2. The van der Waals surface area contributed by atoms with Crippen molar-refractivity contribution in [2.75, 3.05) is 0 Å².